The highest BCUT2D eigenvalue weighted by atomic mass is 32.2. The number of unbranched alkanes of at least 4 members (excludes halogenated alkanes) is 4. The van der Waals surface area contributed by atoms with E-state index < -0.39 is 5.97 Å². The Bertz CT molecular complexity index is 377. The highest BCUT2D eigenvalue weighted by Crippen LogP contribution is 2.46. The van der Waals surface area contributed by atoms with E-state index in [1.54, 1.807) is 0 Å². The predicted octanol–water partition coefficient (Wildman–Crippen LogP) is 4.76. The van der Waals surface area contributed by atoms with E-state index in [1.165, 1.54) is 38.5 Å². The van der Waals surface area contributed by atoms with Gasteiger partial charge in [-0.15, -0.1) is 0 Å². The van der Waals surface area contributed by atoms with Gasteiger partial charge in [-0.1, -0.05) is 26.2 Å². The monoisotopic (exact) mass is 372 g/mol. The first-order valence-corrected chi connectivity index (χ1v) is 11.4. The number of carboxylic acid groups (broad SMARTS) is 1. The average molecular weight is 373 g/mol. The van der Waals surface area contributed by atoms with Crippen LogP contribution < -0.4 is 0 Å². The van der Waals surface area contributed by atoms with Crippen LogP contribution in [-0.2, 0) is 14.3 Å². The minimum Gasteiger partial charge on any atom is -0.481 e. The van der Waals surface area contributed by atoms with Crippen LogP contribution >= 0.6 is 11.8 Å². The molecule has 0 radical (unpaired) electrons. The molecule has 0 aromatic heterocycles. The summed E-state index contributed by atoms with van der Waals surface area (Å²) in [6.45, 7) is 4.02. The second kappa shape index (κ2) is 12.2. The van der Waals surface area contributed by atoms with Gasteiger partial charge in [0.1, 0.15) is 0 Å². The van der Waals surface area contributed by atoms with Crippen molar-refractivity contribution in [2.75, 3.05) is 24.7 Å². The third kappa shape index (κ3) is 7.48. The van der Waals surface area contributed by atoms with Crippen molar-refractivity contribution >= 4 is 17.7 Å². The Morgan fingerprint density at radius 1 is 1.08 bits per heavy atom. The molecule has 0 unspecified atom stereocenters. The van der Waals surface area contributed by atoms with Crippen LogP contribution in [0.5, 0.6) is 0 Å². The molecule has 5 heteroatoms. The van der Waals surface area contributed by atoms with Crippen LogP contribution in [0.1, 0.15) is 71.1 Å². The summed E-state index contributed by atoms with van der Waals surface area (Å²) < 4.78 is 12.0. The Kier molecular flexibility index (Phi) is 10.3. The van der Waals surface area contributed by atoms with Gasteiger partial charge in [-0.05, 0) is 61.9 Å². The van der Waals surface area contributed by atoms with E-state index in [9.17, 15) is 4.79 Å². The third-order valence-electron chi connectivity index (χ3n) is 5.57. The van der Waals surface area contributed by atoms with Crippen molar-refractivity contribution in [2.24, 2.45) is 11.8 Å². The molecule has 4 nitrogen and oxygen atoms in total. The molecule has 2 bridgehead atoms. The van der Waals surface area contributed by atoms with E-state index >= 15 is 0 Å². The predicted molar refractivity (Wildman–Crippen MR) is 103 cm³/mol. The van der Waals surface area contributed by atoms with Crippen LogP contribution in [0, 0.1) is 11.8 Å². The molecule has 0 saturated carbocycles. The number of thioether (sulfide) groups is 1. The molecule has 0 aliphatic carbocycles. The van der Waals surface area contributed by atoms with Crippen molar-refractivity contribution in [2.45, 2.75) is 83.3 Å². The van der Waals surface area contributed by atoms with Crippen LogP contribution in [-0.4, -0.2) is 48.0 Å². The van der Waals surface area contributed by atoms with Crippen LogP contribution in [0.15, 0.2) is 0 Å². The number of carbonyl (C=O) groups is 1. The van der Waals surface area contributed by atoms with Crippen molar-refractivity contribution in [1.82, 2.24) is 0 Å². The number of hydrogen-bond donors (Lipinski definition) is 1. The Hall–Kier alpha value is -0.260. The molecule has 0 spiro atoms. The lowest BCUT2D eigenvalue weighted by molar-refractivity contribution is -0.137. The molecule has 4 atom stereocenters. The van der Waals surface area contributed by atoms with Gasteiger partial charge in [-0.25, -0.2) is 0 Å². The first-order chi connectivity index (χ1) is 12.2. The van der Waals surface area contributed by atoms with Crippen molar-refractivity contribution in [3.63, 3.8) is 0 Å². The number of carboxylic acids is 1. The zero-order chi connectivity index (χ0) is 17.9. The number of ether oxygens (including phenoxy) is 2. The van der Waals surface area contributed by atoms with E-state index in [2.05, 4.69) is 6.92 Å². The van der Waals surface area contributed by atoms with Gasteiger partial charge in [0.25, 0.3) is 0 Å². The summed E-state index contributed by atoms with van der Waals surface area (Å²) in [5, 5.41) is 8.68. The minimum atomic E-state index is -0.679. The Labute approximate surface area is 157 Å². The Balaban J connectivity index is 1.57. The molecule has 0 aromatic carbocycles. The van der Waals surface area contributed by atoms with Gasteiger partial charge >= 0.3 is 5.97 Å². The first-order valence-electron chi connectivity index (χ1n) is 10.2. The molecule has 2 rings (SSSR count). The molecule has 25 heavy (non-hydrogen) atoms. The fourth-order valence-electron chi connectivity index (χ4n) is 4.15. The normalized spacial score (nSPS) is 27.9. The summed E-state index contributed by atoms with van der Waals surface area (Å²) in [5.41, 5.74) is 0. The van der Waals surface area contributed by atoms with Crippen molar-refractivity contribution in [1.29, 1.82) is 0 Å². The standard InChI is InChI=1S/C20H36O4S/c1-2-3-4-6-12-23-13-11-16-17(19-10-9-18(16)24-19)15-25-14-7-5-8-20(21)22/h16-19H,2-15H2,1H3,(H,21,22)/t16-,17+,18-,19+/m1/s1. The van der Waals surface area contributed by atoms with Gasteiger partial charge < -0.3 is 14.6 Å². The van der Waals surface area contributed by atoms with Gasteiger partial charge in [0.2, 0.25) is 0 Å². The van der Waals surface area contributed by atoms with Gasteiger partial charge in [-0.2, -0.15) is 11.8 Å². The lowest BCUT2D eigenvalue weighted by Gasteiger charge is -2.27. The molecule has 2 aliphatic heterocycles. The number of rotatable bonds is 15. The molecule has 2 aliphatic rings. The SMILES string of the molecule is CCCCCCOCC[C@@H]1[C@H](CSCCCCC(=O)O)[C@@H]2CC[C@H]1O2. The smallest absolute Gasteiger partial charge is 0.303 e. The van der Waals surface area contributed by atoms with E-state index in [0.717, 1.165) is 44.0 Å². The van der Waals surface area contributed by atoms with Crippen molar-refractivity contribution in [3.8, 4) is 0 Å². The molecular weight excluding hydrogens is 336 g/mol. The van der Waals surface area contributed by atoms with E-state index in [4.69, 9.17) is 14.6 Å². The highest BCUT2D eigenvalue weighted by molar-refractivity contribution is 7.99. The van der Waals surface area contributed by atoms with Crippen molar-refractivity contribution < 1.29 is 19.4 Å². The summed E-state index contributed by atoms with van der Waals surface area (Å²) >= 11 is 1.98. The van der Waals surface area contributed by atoms with Gasteiger partial charge in [-0.3, -0.25) is 4.79 Å². The summed E-state index contributed by atoms with van der Waals surface area (Å²) in [4.78, 5) is 10.5. The molecule has 0 amide bonds. The van der Waals surface area contributed by atoms with Gasteiger partial charge in [0.15, 0.2) is 0 Å². The number of hydrogen-bond acceptors (Lipinski definition) is 4. The fraction of sp³-hybridized carbons (Fsp3) is 0.950. The largest absolute Gasteiger partial charge is 0.481 e. The molecule has 146 valence electrons. The lowest BCUT2D eigenvalue weighted by atomic mass is 9.79. The first kappa shape index (κ1) is 21.0. The quantitative estimate of drug-likeness (QED) is 0.420. The average Bonchev–Trinajstić information content (AvgIpc) is 3.19. The fourth-order valence-corrected chi connectivity index (χ4v) is 5.46. The molecule has 2 saturated heterocycles. The zero-order valence-corrected chi connectivity index (χ0v) is 16.6. The summed E-state index contributed by atoms with van der Waals surface area (Å²) in [6.07, 6.45) is 11.7. The van der Waals surface area contributed by atoms with Gasteiger partial charge in [0, 0.05) is 19.6 Å². The molecule has 1 N–H and O–H groups in total. The van der Waals surface area contributed by atoms with Crippen molar-refractivity contribution in [3.05, 3.63) is 0 Å². The molecule has 2 fully saturated rings. The summed E-state index contributed by atoms with van der Waals surface area (Å²) in [6, 6.07) is 0. The van der Waals surface area contributed by atoms with E-state index in [1.807, 2.05) is 11.8 Å². The maximum atomic E-state index is 10.5. The summed E-state index contributed by atoms with van der Waals surface area (Å²) in [5.74, 6) is 2.89. The molecule has 2 heterocycles. The van der Waals surface area contributed by atoms with Crippen LogP contribution in [0.4, 0.5) is 0 Å². The minimum absolute atomic E-state index is 0.302. The molecule has 0 aromatic rings. The number of aliphatic carboxylic acids is 1. The number of fused-ring (bicyclic) bond motifs is 2. The summed E-state index contributed by atoms with van der Waals surface area (Å²) in [7, 11) is 0. The van der Waals surface area contributed by atoms with E-state index in [0.29, 0.717) is 30.5 Å². The molecular formula is C20H36O4S. The van der Waals surface area contributed by atoms with Crippen LogP contribution in [0.3, 0.4) is 0 Å². The maximum absolute atomic E-state index is 10.5. The zero-order valence-electron chi connectivity index (χ0n) is 15.8. The second-order valence-electron chi connectivity index (χ2n) is 7.51. The van der Waals surface area contributed by atoms with Crippen LogP contribution in [0.2, 0.25) is 0 Å². The van der Waals surface area contributed by atoms with Crippen LogP contribution in [0.25, 0.3) is 0 Å². The Morgan fingerprint density at radius 3 is 2.64 bits per heavy atom. The topological polar surface area (TPSA) is 55.8 Å². The second-order valence-corrected chi connectivity index (χ2v) is 8.66. The maximum Gasteiger partial charge on any atom is 0.303 e. The third-order valence-corrected chi connectivity index (χ3v) is 6.77. The highest BCUT2D eigenvalue weighted by Gasteiger charge is 2.47. The van der Waals surface area contributed by atoms with E-state index in [-0.39, 0.29) is 0 Å². The van der Waals surface area contributed by atoms with Gasteiger partial charge in [0.05, 0.1) is 12.2 Å². The Morgan fingerprint density at radius 2 is 1.88 bits per heavy atom. The lowest BCUT2D eigenvalue weighted by Crippen LogP contribution is -2.30.